The third-order valence-corrected chi connectivity index (χ3v) is 15.2. The van der Waals surface area contributed by atoms with Crippen molar-refractivity contribution < 1.29 is 0 Å². The molecular formula is C64H60N10. The van der Waals surface area contributed by atoms with Crippen LogP contribution in [0.4, 0.5) is 11.4 Å². The normalized spacial score (nSPS) is 13.5. The van der Waals surface area contributed by atoms with Crippen LogP contribution in [0.3, 0.4) is 0 Å². The Balaban J connectivity index is 0.786. The zero-order valence-electron chi connectivity index (χ0n) is 43.8. The highest BCUT2D eigenvalue weighted by molar-refractivity contribution is 6.09. The quantitative estimate of drug-likeness (QED) is 0.108. The van der Waals surface area contributed by atoms with E-state index >= 15 is 0 Å². The van der Waals surface area contributed by atoms with Gasteiger partial charge in [0.25, 0.3) is 0 Å². The first-order chi connectivity index (χ1) is 35.6. The first kappa shape index (κ1) is 45.6. The van der Waals surface area contributed by atoms with Crippen LogP contribution in [-0.2, 0) is 12.8 Å². The van der Waals surface area contributed by atoms with Gasteiger partial charge in [-0.2, -0.15) is 0 Å². The van der Waals surface area contributed by atoms with Gasteiger partial charge in [0.15, 0.2) is 0 Å². The van der Waals surface area contributed by atoms with Crippen LogP contribution in [0.1, 0.15) is 135 Å². The summed E-state index contributed by atoms with van der Waals surface area (Å²) < 4.78 is 0. The number of aromatic amines is 4. The van der Waals surface area contributed by atoms with Crippen molar-refractivity contribution in [1.29, 1.82) is 0 Å². The fraction of sp³-hybridized carbons (Fsp3) is 0.250. The van der Waals surface area contributed by atoms with Crippen LogP contribution in [0.2, 0.25) is 0 Å². The Kier molecular flexibility index (Phi) is 10.6. The van der Waals surface area contributed by atoms with Gasteiger partial charge in [-0.15, -0.1) is 0 Å². The molecular weight excluding hydrogens is 909 g/mol. The average molecular weight is 969 g/mol. The van der Waals surface area contributed by atoms with E-state index in [-0.39, 0.29) is 0 Å². The highest BCUT2D eigenvalue weighted by Crippen LogP contribution is 2.39. The predicted molar refractivity (Wildman–Crippen MR) is 305 cm³/mol. The second-order valence-corrected chi connectivity index (χ2v) is 22.3. The van der Waals surface area contributed by atoms with Crippen molar-refractivity contribution in [3.05, 3.63) is 165 Å². The molecule has 0 aliphatic carbocycles. The van der Waals surface area contributed by atoms with Crippen LogP contribution in [0.25, 0.3) is 89.7 Å². The van der Waals surface area contributed by atoms with Gasteiger partial charge in [0.05, 0.1) is 66.9 Å². The Morgan fingerprint density at radius 3 is 1.01 bits per heavy atom. The number of benzene rings is 7. The second-order valence-electron chi connectivity index (χ2n) is 22.3. The van der Waals surface area contributed by atoms with Gasteiger partial charge in [-0.05, 0) is 173 Å². The van der Waals surface area contributed by atoms with Crippen LogP contribution in [-0.4, -0.2) is 51.3 Å². The minimum Gasteiger partial charge on any atom is -0.338 e. The zero-order chi connectivity index (χ0) is 50.8. The van der Waals surface area contributed by atoms with Gasteiger partial charge in [-0.1, -0.05) is 84.7 Å². The Morgan fingerprint density at radius 1 is 0.324 bits per heavy atom. The van der Waals surface area contributed by atoms with Crippen LogP contribution in [0.15, 0.2) is 119 Å². The van der Waals surface area contributed by atoms with E-state index in [0.717, 1.165) is 131 Å². The fourth-order valence-corrected chi connectivity index (χ4v) is 10.9. The summed E-state index contributed by atoms with van der Waals surface area (Å²) in [4.78, 5) is 45.6. The number of fused-ring (bicyclic) bond motifs is 6. The van der Waals surface area contributed by atoms with Gasteiger partial charge >= 0.3 is 0 Å². The molecule has 6 heterocycles. The lowest BCUT2D eigenvalue weighted by atomic mass is 9.94. The number of hydrogen-bond donors (Lipinski definition) is 4. The monoisotopic (exact) mass is 969 g/mol. The number of aliphatic imine (C=N–C) groups is 2. The summed E-state index contributed by atoms with van der Waals surface area (Å²) >= 11 is 0. The van der Waals surface area contributed by atoms with Crippen molar-refractivity contribution in [2.45, 2.75) is 106 Å². The van der Waals surface area contributed by atoms with Gasteiger partial charge in [-0.3, -0.25) is 9.98 Å². The minimum absolute atomic E-state index is 0.299. The lowest BCUT2D eigenvalue weighted by molar-refractivity contribution is 0.864. The molecule has 10 heteroatoms. The molecule has 11 aromatic rings. The van der Waals surface area contributed by atoms with E-state index < -0.39 is 0 Å². The molecule has 7 aromatic carbocycles. The molecule has 366 valence electrons. The number of imidazole rings is 4. The predicted octanol–water partition coefficient (Wildman–Crippen LogP) is 16.3. The first-order valence-electron chi connectivity index (χ1n) is 26.3. The van der Waals surface area contributed by atoms with E-state index in [1.54, 1.807) is 0 Å². The highest BCUT2D eigenvalue weighted by Gasteiger charge is 2.24. The molecule has 4 N–H and O–H groups in total. The van der Waals surface area contributed by atoms with Gasteiger partial charge in [0.2, 0.25) is 0 Å². The lowest BCUT2D eigenvalue weighted by Crippen LogP contribution is -2.03. The molecule has 0 saturated carbocycles. The summed E-state index contributed by atoms with van der Waals surface area (Å²) in [7, 11) is 0. The molecule has 2 aliphatic rings. The maximum Gasteiger partial charge on any atom is 0.138 e. The smallest absolute Gasteiger partial charge is 0.138 e. The summed E-state index contributed by atoms with van der Waals surface area (Å²) in [5, 5.41) is 0. The number of nitrogens with zero attached hydrogens (tertiary/aromatic N) is 6. The maximum absolute atomic E-state index is 5.24. The van der Waals surface area contributed by atoms with E-state index in [1.807, 2.05) is 0 Å². The fourth-order valence-electron chi connectivity index (χ4n) is 10.9. The van der Waals surface area contributed by atoms with Crippen molar-refractivity contribution in [2.75, 3.05) is 0 Å². The number of H-pyrrole nitrogens is 4. The molecule has 0 amide bonds. The number of rotatable bonds is 10. The molecule has 2 aliphatic heterocycles. The zero-order valence-corrected chi connectivity index (χ0v) is 43.8. The standard InChI is InChI=1S/C64H60N10/c1-31(2)37-11-35(9)13-41(15-37)49-23-43-25-54-56(27-51(43)65-49)70-63(68-54)47-19-40(34(7)8)20-48(22-47)64-73-59-29-57-58(30-60(59)74-64)72-62(71-57)46-18-39(33(5)6)16-42(21-46)50-24-44-26-53-55(28-52(44)66-50)69-61(67-53)45-14-36(10)12-38(17-45)32(3)4/h11-22,25-34H,23-24H2,1-10H3,(H,67,69)(H,68,70)(H,71,72)(H,73,74). The Hall–Kier alpha value is -8.24. The van der Waals surface area contributed by atoms with Crippen molar-refractivity contribution in [3.63, 3.8) is 0 Å². The van der Waals surface area contributed by atoms with Crippen molar-refractivity contribution in [3.8, 4) is 45.6 Å². The molecule has 0 spiro atoms. The molecule has 13 rings (SSSR count). The molecule has 0 atom stereocenters. The summed E-state index contributed by atoms with van der Waals surface area (Å²) in [5.41, 5.74) is 28.2. The SMILES string of the molecule is Cc1cc(C2=Nc3cc4[nH]c(-c5cc(-c6nc7cc8[nH]c(-c9cc(C%10=Nc%11cc%12[nH]c(-c%13cc(C)cc(C(C)C)c%13)nc%12cc%11C%10)cc(C(C)C)c9)nc8cc7[nH]6)cc(C(C)C)c5)nc4cc3C2)cc(C(C)C)c1. The number of aromatic nitrogens is 8. The number of aryl methyl sites for hydroxylation is 2. The van der Waals surface area contributed by atoms with Gasteiger partial charge in [0, 0.05) is 35.1 Å². The van der Waals surface area contributed by atoms with Crippen LogP contribution in [0.5, 0.6) is 0 Å². The summed E-state index contributed by atoms with van der Waals surface area (Å²) in [5.74, 6) is 4.87. The molecule has 0 unspecified atom stereocenters. The topological polar surface area (TPSA) is 139 Å². The summed E-state index contributed by atoms with van der Waals surface area (Å²) in [6.07, 6.45) is 1.53. The summed E-state index contributed by atoms with van der Waals surface area (Å²) in [6, 6.07) is 40.0. The Morgan fingerprint density at radius 2 is 0.622 bits per heavy atom. The van der Waals surface area contributed by atoms with Crippen LogP contribution < -0.4 is 0 Å². The van der Waals surface area contributed by atoms with Crippen LogP contribution in [0, 0.1) is 13.8 Å². The van der Waals surface area contributed by atoms with Gasteiger partial charge in [-0.25, -0.2) is 19.9 Å². The average Bonchev–Trinajstić information content (AvgIpc) is 4.25. The highest BCUT2D eigenvalue weighted by atomic mass is 15.0. The van der Waals surface area contributed by atoms with Crippen molar-refractivity contribution in [1.82, 2.24) is 39.9 Å². The second kappa shape index (κ2) is 17.2. The van der Waals surface area contributed by atoms with E-state index in [1.165, 1.54) is 50.1 Å². The number of hydrogen-bond acceptors (Lipinski definition) is 6. The van der Waals surface area contributed by atoms with E-state index in [9.17, 15) is 0 Å². The summed E-state index contributed by atoms with van der Waals surface area (Å²) in [6.45, 7) is 22.2. The van der Waals surface area contributed by atoms with Gasteiger partial charge < -0.3 is 19.9 Å². The van der Waals surface area contributed by atoms with Crippen molar-refractivity contribution in [2.24, 2.45) is 9.98 Å². The van der Waals surface area contributed by atoms with E-state index in [0.29, 0.717) is 23.7 Å². The third-order valence-electron chi connectivity index (χ3n) is 15.2. The minimum atomic E-state index is 0.299. The molecule has 4 aromatic heterocycles. The Bertz CT molecular complexity index is 4130. The van der Waals surface area contributed by atoms with E-state index in [2.05, 4.69) is 198 Å². The number of nitrogens with one attached hydrogen (secondary N) is 4. The van der Waals surface area contributed by atoms with Crippen molar-refractivity contribution >= 4 is 66.9 Å². The lowest BCUT2D eigenvalue weighted by Gasteiger charge is -2.11. The third kappa shape index (κ3) is 8.13. The molecule has 10 nitrogen and oxygen atoms in total. The molecule has 0 radical (unpaired) electrons. The largest absolute Gasteiger partial charge is 0.338 e. The molecule has 0 fully saturated rings. The molecule has 0 saturated heterocycles. The maximum atomic E-state index is 5.24. The molecule has 0 bridgehead atoms. The van der Waals surface area contributed by atoms with Crippen LogP contribution >= 0.6 is 0 Å². The first-order valence-corrected chi connectivity index (χ1v) is 26.3. The van der Waals surface area contributed by atoms with Gasteiger partial charge in [0.1, 0.15) is 23.3 Å². The Labute approximate surface area is 431 Å². The molecule has 74 heavy (non-hydrogen) atoms. The van der Waals surface area contributed by atoms with E-state index in [4.69, 9.17) is 29.9 Å².